The molecule has 0 aromatic carbocycles. The topological polar surface area (TPSA) is 108 Å². The van der Waals surface area contributed by atoms with Gasteiger partial charge in [0.2, 0.25) is 5.91 Å². The van der Waals surface area contributed by atoms with Crippen LogP contribution >= 0.6 is 0 Å². The highest BCUT2D eigenvalue weighted by Crippen LogP contribution is 2.23. The van der Waals surface area contributed by atoms with Gasteiger partial charge in [0, 0.05) is 33.0 Å². The summed E-state index contributed by atoms with van der Waals surface area (Å²) in [7, 11) is 1.53. The van der Waals surface area contributed by atoms with E-state index in [0.717, 1.165) is 11.4 Å². The van der Waals surface area contributed by atoms with E-state index in [9.17, 15) is 14.7 Å². The van der Waals surface area contributed by atoms with Gasteiger partial charge in [0.15, 0.2) is 0 Å². The molecule has 114 valence electrons. The first-order chi connectivity index (χ1) is 10.1. The van der Waals surface area contributed by atoms with Crippen molar-refractivity contribution in [3.8, 4) is 0 Å². The monoisotopic (exact) mass is 294 g/mol. The van der Waals surface area contributed by atoms with Gasteiger partial charge in [-0.05, 0) is 0 Å². The summed E-state index contributed by atoms with van der Waals surface area (Å²) in [6, 6.07) is -1.25. The van der Waals surface area contributed by atoms with E-state index in [1.54, 1.807) is 6.33 Å². The second-order valence-electron chi connectivity index (χ2n) is 5.40. The van der Waals surface area contributed by atoms with Crippen LogP contribution in [0.1, 0.15) is 17.8 Å². The largest absolute Gasteiger partial charge is 0.480 e. The molecule has 0 spiro atoms. The minimum absolute atomic E-state index is 0.199. The van der Waals surface area contributed by atoms with Gasteiger partial charge in [-0.25, -0.2) is 9.78 Å². The molecule has 2 aliphatic rings. The first kappa shape index (κ1) is 14.0. The third-order valence-corrected chi connectivity index (χ3v) is 4.19. The molecule has 3 unspecified atom stereocenters. The van der Waals surface area contributed by atoms with Crippen molar-refractivity contribution in [2.45, 2.75) is 37.6 Å². The van der Waals surface area contributed by atoms with Crippen molar-refractivity contribution in [1.82, 2.24) is 20.2 Å². The average molecular weight is 294 g/mol. The number of methoxy groups -OCH3 is 1. The molecular weight excluding hydrogens is 276 g/mol. The summed E-state index contributed by atoms with van der Waals surface area (Å²) < 4.78 is 5.21. The third kappa shape index (κ3) is 2.52. The Balaban J connectivity index is 1.74. The number of hydrogen-bond donors (Lipinski definition) is 3. The molecule has 3 rings (SSSR count). The molecule has 1 amide bonds. The fourth-order valence-corrected chi connectivity index (χ4v) is 2.99. The van der Waals surface area contributed by atoms with Crippen LogP contribution in [-0.2, 0) is 27.3 Å². The Morgan fingerprint density at radius 2 is 2.33 bits per heavy atom. The van der Waals surface area contributed by atoms with Crippen LogP contribution < -0.4 is 5.32 Å². The average Bonchev–Trinajstić information content (AvgIpc) is 3.11. The van der Waals surface area contributed by atoms with Crippen LogP contribution in [-0.4, -0.2) is 63.7 Å². The molecule has 8 heteroatoms. The lowest BCUT2D eigenvalue weighted by Crippen LogP contribution is -2.52. The number of hydrogen-bond acceptors (Lipinski definition) is 5. The summed E-state index contributed by atoms with van der Waals surface area (Å²) >= 11 is 0. The summed E-state index contributed by atoms with van der Waals surface area (Å²) in [6.45, 7) is 0.850. The van der Waals surface area contributed by atoms with E-state index in [1.807, 2.05) is 0 Å². The first-order valence-electron chi connectivity index (χ1n) is 6.90. The molecule has 1 aromatic rings. The number of nitrogens with zero attached hydrogens (tertiary/aromatic N) is 2. The quantitative estimate of drug-likeness (QED) is 0.668. The number of fused-ring (bicyclic) bond motifs is 1. The van der Waals surface area contributed by atoms with Gasteiger partial charge in [0.1, 0.15) is 6.04 Å². The number of nitrogens with one attached hydrogen (secondary N) is 2. The predicted octanol–water partition coefficient (Wildman–Crippen LogP) is -0.875. The molecule has 1 aromatic heterocycles. The summed E-state index contributed by atoms with van der Waals surface area (Å²) in [5.41, 5.74) is 1.84. The normalized spacial score (nSPS) is 28.4. The smallest absolute Gasteiger partial charge is 0.326 e. The number of rotatable bonds is 3. The molecule has 0 aliphatic carbocycles. The van der Waals surface area contributed by atoms with E-state index < -0.39 is 18.1 Å². The lowest BCUT2D eigenvalue weighted by Gasteiger charge is -2.29. The van der Waals surface area contributed by atoms with E-state index in [1.165, 1.54) is 12.0 Å². The van der Waals surface area contributed by atoms with Gasteiger partial charge in [-0.3, -0.25) is 10.1 Å². The van der Waals surface area contributed by atoms with Crippen LogP contribution in [0, 0.1) is 0 Å². The van der Waals surface area contributed by atoms with E-state index in [-0.39, 0.29) is 12.0 Å². The molecule has 0 bridgehead atoms. The van der Waals surface area contributed by atoms with Gasteiger partial charge in [-0.15, -0.1) is 0 Å². The van der Waals surface area contributed by atoms with Gasteiger partial charge >= 0.3 is 5.97 Å². The fourth-order valence-electron chi connectivity index (χ4n) is 2.99. The molecule has 1 fully saturated rings. The van der Waals surface area contributed by atoms with Crippen LogP contribution in [0.25, 0.3) is 0 Å². The van der Waals surface area contributed by atoms with Crippen molar-refractivity contribution in [3.05, 3.63) is 17.7 Å². The highest BCUT2D eigenvalue weighted by atomic mass is 16.5. The van der Waals surface area contributed by atoms with Gasteiger partial charge in [-0.2, -0.15) is 0 Å². The van der Waals surface area contributed by atoms with Crippen molar-refractivity contribution in [1.29, 1.82) is 0 Å². The highest BCUT2D eigenvalue weighted by molar-refractivity contribution is 5.88. The van der Waals surface area contributed by atoms with Crippen molar-refractivity contribution in [2.75, 3.05) is 13.7 Å². The van der Waals surface area contributed by atoms with Crippen LogP contribution in [0.15, 0.2) is 6.33 Å². The summed E-state index contributed by atoms with van der Waals surface area (Å²) in [5.74, 6) is -1.19. The zero-order chi connectivity index (χ0) is 15.0. The SMILES string of the molecule is COC1CC(C(=O)O)N(C(=O)C2Cc3nc[nH]c3CN2)C1. The van der Waals surface area contributed by atoms with Gasteiger partial charge in [-0.1, -0.05) is 0 Å². The molecule has 21 heavy (non-hydrogen) atoms. The Kier molecular flexibility index (Phi) is 3.64. The Morgan fingerprint density at radius 3 is 3.05 bits per heavy atom. The van der Waals surface area contributed by atoms with Gasteiger partial charge < -0.3 is 19.7 Å². The summed E-state index contributed by atoms with van der Waals surface area (Å²) in [5, 5.41) is 12.4. The van der Waals surface area contributed by atoms with Gasteiger partial charge in [0.25, 0.3) is 0 Å². The van der Waals surface area contributed by atoms with Gasteiger partial charge in [0.05, 0.1) is 29.9 Å². The van der Waals surface area contributed by atoms with Crippen molar-refractivity contribution < 1.29 is 19.4 Å². The molecule has 0 saturated carbocycles. The molecule has 8 nitrogen and oxygen atoms in total. The van der Waals surface area contributed by atoms with Crippen molar-refractivity contribution >= 4 is 11.9 Å². The van der Waals surface area contributed by atoms with Crippen LogP contribution in [0.3, 0.4) is 0 Å². The minimum Gasteiger partial charge on any atom is -0.480 e. The number of amides is 1. The molecule has 3 N–H and O–H groups in total. The number of carboxylic acids is 1. The number of aromatic amines is 1. The second-order valence-corrected chi connectivity index (χ2v) is 5.40. The number of aromatic nitrogens is 2. The Bertz CT molecular complexity index is 558. The lowest BCUT2D eigenvalue weighted by atomic mass is 10.0. The number of likely N-dealkylation sites (tertiary alicyclic amines) is 1. The Labute approximate surface area is 121 Å². The number of carbonyl (C=O) groups is 2. The summed E-state index contributed by atoms with van der Waals surface area (Å²) in [6.07, 6.45) is 2.19. The predicted molar refractivity (Wildman–Crippen MR) is 71.5 cm³/mol. The molecule has 0 radical (unpaired) electrons. The van der Waals surface area contributed by atoms with E-state index in [0.29, 0.717) is 25.9 Å². The summed E-state index contributed by atoms with van der Waals surface area (Å²) in [4.78, 5) is 32.6. The second kappa shape index (κ2) is 5.45. The van der Waals surface area contributed by atoms with Crippen molar-refractivity contribution in [2.24, 2.45) is 0 Å². The van der Waals surface area contributed by atoms with Crippen LogP contribution in [0.2, 0.25) is 0 Å². The number of aliphatic carboxylic acids is 1. The van der Waals surface area contributed by atoms with E-state index in [4.69, 9.17) is 4.74 Å². The maximum absolute atomic E-state index is 12.6. The number of H-pyrrole nitrogens is 1. The number of carboxylic acid groups (broad SMARTS) is 1. The Morgan fingerprint density at radius 1 is 1.52 bits per heavy atom. The number of carbonyl (C=O) groups excluding carboxylic acids is 1. The molecule has 3 atom stereocenters. The van der Waals surface area contributed by atoms with Crippen LogP contribution in [0.4, 0.5) is 0 Å². The molecule has 3 heterocycles. The molecule has 1 saturated heterocycles. The lowest BCUT2D eigenvalue weighted by molar-refractivity contribution is -0.149. The standard InChI is InChI=1S/C13H18N4O4/c1-21-7-2-11(13(19)20)17(5-7)12(18)9-3-8-10(4-14-9)16-6-15-8/h6-7,9,11,14H,2-5H2,1H3,(H,15,16)(H,19,20). The molecule has 2 aliphatic heterocycles. The maximum atomic E-state index is 12.6. The highest BCUT2D eigenvalue weighted by Gasteiger charge is 2.42. The number of ether oxygens (including phenoxy) is 1. The first-order valence-corrected chi connectivity index (χ1v) is 6.90. The zero-order valence-corrected chi connectivity index (χ0v) is 11.7. The van der Waals surface area contributed by atoms with Crippen molar-refractivity contribution in [3.63, 3.8) is 0 Å². The van der Waals surface area contributed by atoms with E-state index in [2.05, 4.69) is 15.3 Å². The van der Waals surface area contributed by atoms with E-state index >= 15 is 0 Å². The minimum atomic E-state index is -0.987. The van der Waals surface area contributed by atoms with Crippen LogP contribution in [0.5, 0.6) is 0 Å². The zero-order valence-electron chi connectivity index (χ0n) is 11.7. The molecular formula is C13H18N4O4. The Hall–Kier alpha value is -1.93. The number of imidazole rings is 1. The third-order valence-electron chi connectivity index (χ3n) is 4.19. The maximum Gasteiger partial charge on any atom is 0.326 e. The fraction of sp³-hybridized carbons (Fsp3) is 0.615.